The Bertz CT molecular complexity index is 554. The third kappa shape index (κ3) is 3.43. The van der Waals surface area contributed by atoms with Gasteiger partial charge < -0.3 is 0 Å². The zero-order valence-corrected chi connectivity index (χ0v) is 10.8. The topological polar surface area (TPSA) is 46.5 Å². The fourth-order valence-corrected chi connectivity index (χ4v) is 3.85. The molecule has 0 aromatic heterocycles. The summed E-state index contributed by atoms with van der Waals surface area (Å²) in [5.41, 5.74) is -5.38. The van der Waals surface area contributed by atoms with Crippen LogP contribution in [0.5, 0.6) is 0 Å². The van der Waals surface area contributed by atoms with Gasteiger partial charge in [-0.05, 0) is 18.4 Å². The van der Waals surface area contributed by atoms with Crippen LogP contribution < -0.4 is 0 Å². The summed E-state index contributed by atoms with van der Waals surface area (Å²) >= 11 is 5.73. The minimum atomic E-state index is -5.48. The highest BCUT2D eigenvalue weighted by atomic mass is 35.5. The maximum atomic E-state index is 12.1. The fourth-order valence-electron chi connectivity index (χ4n) is 0.914. The number of benzene rings is 1. The second-order valence-electron chi connectivity index (χ2n) is 2.90. The summed E-state index contributed by atoms with van der Waals surface area (Å²) in [7, 11) is -6.96. The maximum absolute atomic E-state index is 12.1. The van der Waals surface area contributed by atoms with Gasteiger partial charge in [0.05, 0.1) is 5.02 Å². The highest BCUT2D eigenvalue weighted by molar-refractivity contribution is 8.00. The first-order chi connectivity index (χ1) is 7.65. The molecule has 0 amide bonds. The molecular weight excluding hydrogens is 299 g/mol. The molecule has 0 aliphatic heterocycles. The summed E-state index contributed by atoms with van der Waals surface area (Å²) in [6, 6.07) is 6.01. The molecule has 0 fully saturated rings. The Balaban J connectivity index is 3.24. The predicted molar refractivity (Wildman–Crippen MR) is 60.4 cm³/mol. The minimum absolute atomic E-state index is 0.180. The Hall–Kier alpha value is -0.600. The van der Waals surface area contributed by atoms with E-state index in [4.69, 9.17) is 11.6 Å². The van der Waals surface area contributed by atoms with Crippen molar-refractivity contribution >= 4 is 32.3 Å². The molecule has 1 rings (SSSR count). The lowest BCUT2D eigenvalue weighted by atomic mass is 10.4. The van der Waals surface area contributed by atoms with Crippen molar-refractivity contribution in [2.45, 2.75) is 10.4 Å². The second kappa shape index (κ2) is 4.95. The van der Waals surface area contributed by atoms with Crippen molar-refractivity contribution in [1.29, 1.82) is 0 Å². The minimum Gasteiger partial charge on any atom is -0.194 e. The molecule has 1 aromatic carbocycles. The smallest absolute Gasteiger partial charge is 0.194 e. The van der Waals surface area contributed by atoms with Gasteiger partial charge in [-0.1, -0.05) is 34.4 Å². The van der Waals surface area contributed by atoms with E-state index in [-0.39, 0.29) is 9.92 Å². The largest absolute Gasteiger partial charge is 0.519 e. The average molecular weight is 306 g/mol. The SMILES string of the molecule is C/S(=N\S(=O)(=O)C(F)(F)F)c1ccccc1Cl. The van der Waals surface area contributed by atoms with Crippen LogP contribution in [0.3, 0.4) is 0 Å². The third-order valence-electron chi connectivity index (χ3n) is 1.66. The molecule has 0 saturated heterocycles. The van der Waals surface area contributed by atoms with Gasteiger partial charge in [-0.15, -0.1) is 3.77 Å². The summed E-state index contributed by atoms with van der Waals surface area (Å²) in [6.07, 6.45) is 1.25. The standard InChI is InChI=1S/C8H7ClF3NO2S2/c1-16(7-5-3-2-4-6(7)9)13-17(14,15)8(10,11)12/h2-5H,1H3. The molecule has 96 valence electrons. The lowest BCUT2D eigenvalue weighted by Gasteiger charge is -2.06. The van der Waals surface area contributed by atoms with E-state index in [1.807, 2.05) is 0 Å². The van der Waals surface area contributed by atoms with Crippen LogP contribution in [-0.4, -0.2) is 20.2 Å². The molecule has 1 aromatic rings. The molecule has 0 N–H and O–H groups in total. The number of halogens is 4. The lowest BCUT2D eigenvalue weighted by Crippen LogP contribution is -2.21. The van der Waals surface area contributed by atoms with E-state index in [0.717, 1.165) is 0 Å². The molecule has 1 unspecified atom stereocenters. The number of rotatable bonds is 2. The summed E-state index contributed by atoms with van der Waals surface area (Å²) < 4.78 is 60.7. The molecule has 0 aliphatic carbocycles. The summed E-state index contributed by atoms with van der Waals surface area (Å²) in [5.74, 6) is 0. The van der Waals surface area contributed by atoms with Gasteiger partial charge in [0.1, 0.15) is 0 Å². The summed E-state index contributed by atoms with van der Waals surface area (Å²) in [5, 5.41) is 0.180. The van der Waals surface area contributed by atoms with Crippen LogP contribution in [0.1, 0.15) is 0 Å². The van der Waals surface area contributed by atoms with E-state index in [9.17, 15) is 21.6 Å². The van der Waals surface area contributed by atoms with Crippen molar-refractivity contribution in [3.05, 3.63) is 29.3 Å². The van der Waals surface area contributed by atoms with Gasteiger partial charge >= 0.3 is 15.5 Å². The van der Waals surface area contributed by atoms with Gasteiger partial charge in [-0.3, -0.25) is 0 Å². The Morgan fingerprint density at radius 3 is 2.29 bits per heavy atom. The second-order valence-corrected chi connectivity index (χ2v) is 6.72. The highest BCUT2D eigenvalue weighted by Gasteiger charge is 2.46. The monoisotopic (exact) mass is 305 g/mol. The van der Waals surface area contributed by atoms with Gasteiger partial charge in [0.2, 0.25) is 0 Å². The van der Waals surface area contributed by atoms with Crippen molar-refractivity contribution in [1.82, 2.24) is 0 Å². The Morgan fingerprint density at radius 2 is 1.82 bits per heavy atom. The van der Waals surface area contributed by atoms with E-state index in [2.05, 4.69) is 3.77 Å². The molecule has 0 spiro atoms. The van der Waals surface area contributed by atoms with Crippen LogP contribution >= 0.6 is 11.6 Å². The van der Waals surface area contributed by atoms with Crippen molar-refractivity contribution in [2.24, 2.45) is 3.77 Å². The zero-order valence-electron chi connectivity index (χ0n) is 8.40. The molecule has 0 bridgehead atoms. The summed E-state index contributed by atoms with van der Waals surface area (Å²) in [4.78, 5) is 0.252. The number of sulfonamides is 1. The molecule has 1 atom stereocenters. The number of hydrogen-bond acceptors (Lipinski definition) is 2. The van der Waals surface area contributed by atoms with E-state index < -0.39 is 26.2 Å². The molecule has 9 heteroatoms. The molecule has 0 saturated carbocycles. The van der Waals surface area contributed by atoms with E-state index in [1.54, 1.807) is 12.1 Å². The molecule has 0 aliphatic rings. The van der Waals surface area contributed by atoms with Gasteiger partial charge in [-0.2, -0.15) is 21.6 Å². The van der Waals surface area contributed by atoms with E-state index in [1.165, 1.54) is 18.4 Å². The fraction of sp³-hybridized carbons (Fsp3) is 0.250. The summed E-state index contributed by atoms with van der Waals surface area (Å²) in [6.45, 7) is 0. The lowest BCUT2D eigenvalue weighted by molar-refractivity contribution is -0.0434. The van der Waals surface area contributed by atoms with Crippen molar-refractivity contribution < 1.29 is 21.6 Å². The molecule has 0 radical (unpaired) electrons. The zero-order chi connectivity index (χ0) is 13.3. The molecule has 0 heterocycles. The first-order valence-corrected chi connectivity index (χ1v) is 7.51. The number of nitrogens with zero attached hydrogens (tertiary/aromatic N) is 1. The van der Waals surface area contributed by atoms with Gasteiger partial charge in [0.25, 0.3) is 0 Å². The van der Waals surface area contributed by atoms with Crippen molar-refractivity contribution in [3.63, 3.8) is 0 Å². The molecule has 3 nitrogen and oxygen atoms in total. The van der Waals surface area contributed by atoms with Gasteiger partial charge in [0, 0.05) is 4.90 Å². The van der Waals surface area contributed by atoms with Crippen LogP contribution in [0.2, 0.25) is 5.02 Å². The van der Waals surface area contributed by atoms with Gasteiger partial charge in [-0.25, -0.2) is 0 Å². The molecular formula is C8H7ClF3NO2S2. The number of alkyl halides is 3. The average Bonchev–Trinajstić information content (AvgIpc) is 2.15. The van der Waals surface area contributed by atoms with Crippen molar-refractivity contribution in [3.8, 4) is 0 Å². The Labute approximate surface area is 104 Å². The first kappa shape index (κ1) is 14.5. The van der Waals surface area contributed by atoms with E-state index in [0.29, 0.717) is 0 Å². The third-order valence-corrected chi connectivity index (χ3v) is 5.36. The van der Waals surface area contributed by atoms with Crippen LogP contribution in [0.25, 0.3) is 0 Å². The number of hydrogen-bond donors (Lipinski definition) is 0. The molecule has 17 heavy (non-hydrogen) atoms. The van der Waals surface area contributed by atoms with Crippen molar-refractivity contribution in [2.75, 3.05) is 6.26 Å². The Kier molecular flexibility index (Phi) is 4.21. The van der Waals surface area contributed by atoms with E-state index >= 15 is 0 Å². The van der Waals surface area contributed by atoms with Gasteiger partial charge in [0.15, 0.2) is 0 Å². The predicted octanol–water partition coefficient (Wildman–Crippen LogP) is 2.98. The van der Waals surface area contributed by atoms with Crippen LogP contribution in [0.4, 0.5) is 13.2 Å². The first-order valence-electron chi connectivity index (χ1n) is 4.10. The van der Waals surface area contributed by atoms with Crippen LogP contribution in [0.15, 0.2) is 32.9 Å². The quantitative estimate of drug-likeness (QED) is 0.843. The maximum Gasteiger partial charge on any atom is 0.519 e. The Morgan fingerprint density at radius 1 is 1.29 bits per heavy atom. The van der Waals surface area contributed by atoms with Crippen LogP contribution in [0, 0.1) is 0 Å². The normalized spacial score (nSPS) is 14.9. The van der Waals surface area contributed by atoms with Crippen LogP contribution in [-0.2, 0) is 20.7 Å². The highest BCUT2D eigenvalue weighted by Crippen LogP contribution is 2.27.